The lowest BCUT2D eigenvalue weighted by Gasteiger charge is -2.12. The molecule has 0 saturated heterocycles. The number of aromatic nitrogens is 1. The molecule has 0 aliphatic heterocycles. The molecule has 0 aliphatic rings. The van der Waals surface area contributed by atoms with Crippen molar-refractivity contribution in [2.24, 2.45) is 4.99 Å². The number of nitrogens with one attached hydrogen (secondary N) is 3. The molecule has 1 heterocycles. The van der Waals surface area contributed by atoms with Crippen LogP contribution in [0.3, 0.4) is 0 Å². The number of aliphatic hydroxyl groups is 1. The number of aromatic amines is 1. The van der Waals surface area contributed by atoms with E-state index in [1.165, 1.54) is 22.0 Å². The van der Waals surface area contributed by atoms with Gasteiger partial charge in [0, 0.05) is 30.2 Å². The minimum atomic E-state index is 0.0373. The van der Waals surface area contributed by atoms with Crippen LogP contribution in [-0.2, 0) is 19.6 Å². The minimum Gasteiger partial charge on any atom is -0.392 e. The predicted molar refractivity (Wildman–Crippen MR) is 112 cm³/mol. The molecular weight excluding hydrogens is 336 g/mol. The van der Waals surface area contributed by atoms with Crippen LogP contribution in [0.15, 0.2) is 53.7 Å². The summed E-state index contributed by atoms with van der Waals surface area (Å²) in [5.41, 5.74) is 5.77. The summed E-state index contributed by atoms with van der Waals surface area (Å²) >= 11 is 0. The zero-order valence-electron chi connectivity index (χ0n) is 16.0. The molecule has 27 heavy (non-hydrogen) atoms. The van der Waals surface area contributed by atoms with Gasteiger partial charge in [-0.2, -0.15) is 0 Å². The number of H-pyrrole nitrogens is 1. The molecule has 0 amide bonds. The van der Waals surface area contributed by atoms with E-state index in [-0.39, 0.29) is 6.61 Å². The zero-order chi connectivity index (χ0) is 19.1. The Balaban J connectivity index is 1.64. The number of benzene rings is 2. The Morgan fingerprint density at radius 3 is 2.63 bits per heavy atom. The normalized spacial score (nSPS) is 11.7. The fourth-order valence-corrected chi connectivity index (χ4v) is 3.34. The molecule has 142 valence electrons. The van der Waals surface area contributed by atoms with Crippen LogP contribution in [0.1, 0.15) is 29.2 Å². The molecule has 4 N–H and O–H groups in total. The topological polar surface area (TPSA) is 72.4 Å². The van der Waals surface area contributed by atoms with Gasteiger partial charge in [0.2, 0.25) is 0 Å². The highest BCUT2D eigenvalue weighted by atomic mass is 16.3. The second kappa shape index (κ2) is 9.24. The first-order valence-electron chi connectivity index (χ1n) is 9.48. The lowest BCUT2D eigenvalue weighted by Crippen LogP contribution is -2.38. The van der Waals surface area contributed by atoms with Crippen LogP contribution < -0.4 is 10.6 Å². The molecule has 3 aromatic rings. The molecule has 2 aromatic carbocycles. The first kappa shape index (κ1) is 19.0. The van der Waals surface area contributed by atoms with Crippen molar-refractivity contribution in [2.45, 2.75) is 33.4 Å². The summed E-state index contributed by atoms with van der Waals surface area (Å²) in [7, 11) is 0. The van der Waals surface area contributed by atoms with Gasteiger partial charge < -0.3 is 20.7 Å². The maximum atomic E-state index is 9.46. The molecule has 1 aromatic heterocycles. The van der Waals surface area contributed by atoms with E-state index in [0.29, 0.717) is 6.54 Å². The highest BCUT2D eigenvalue weighted by Gasteiger charge is 2.06. The van der Waals surface area contributed by atoms with Gasteiger partial charge >= 0.3 is 0 Å². The standard InChI is InChI=1S/C22H28N4O/c1-3-23-22(26-13-17-8-4-5-9-19(17)15-27)24-12-11-18-14-25-20-10-6-7-16(2)21(18)20/h4-10,14,25,27H,3,11-13,15H2,1-2H3,(H2,23,24,26). The quantitative estimate of drug-likeness (QED) is 0.384. The van der Waals surface area contributed by atoms with E-state index in [4.69, 9.17) is 0 Å². The Hall–Kier alpha value is -2.79. The van der Waals surface area contributed by atoms with Crippen LogP contribution in [0, 0.1) is 6.92 Å². The number of hydrogen-bond donors (Lipinski definition) is 4. The molecular formula is C22H28N4O. The number of fused-ring (bicyclic) bond motifs is 1. The molecule has 0 atom stereocenters. The monoisotopic (exact) mass is 364 g/mol. The maximum absolute atomic E-state index is 9.46. The van der Waals surface area contributed by atoms with Crippen molar-refractivity contribution in [3.05, 3.63) is 70.9 Å². The average molecular weight is 364 g/mol. The summed E-state index contributed by atoms with van der Waals surface area (Å²) < 4.78 is 0. The van der Waals surface area contributed by atoms with E-state index in [9.17, 15) is 5.11 Å². The number of aryl methyl sites for hydroxylation is 1. The van der Waals surface area contributed by atoms with Crippen molar-refractivity contribution in [2.75, 3.05) is 13.1 Å². The number of rotatable bonds is 7. The Morgan fingerprint density at radius 1 is 1.04 bits per heavy atom. The molecule has 0 aliphatic carbocycles. The van der Waals surface area contributed by atoms with Crippen molar-refractivity contribution in [3.8, 4) is 0 Å². The summed E-state index contributed by atoms with van der Waals surface area (Å²) in [5.74, 6) is 0.793. The fraction of sp³-hybridized carbons (Fsp3) is 0.318. The van der Waals surface area contributed by atoms with Crippen LogP contribution in [0.25, 0.3) is 10.9 Å². The molecule has 0 spiro atoms. The van der Waals surface area contributed by atoms with E-state index in [1.807, 2.05) is 24.3 Å². The third kappa shape index (κ3) is 4.68. The Bertz CT molecular complexity index is 914. The maximum Gasteiger partial charge on any atom is 0.191 e. The van der Waals surface area contributed by atoms with Crippen LogP contribution >= 0.6 is 0 Å². The zero-order valence-corrected chi connectivity index (χ0v) is 16.0. The predicted octanol–water partition coefficient (Wildman–Crippen LogP) is 3.27. The second-order valence-corrected chi connectivity index (χ2v) is 6.61. The van der Waals surface area contributed by atoms with E-state index >= 15 is 0 Å². The summed E-state index contributed by atoms with van der Waals surface area (Å²) in [6, 6.07) is 14.2. The molecule has 5 heteroatoms. The van der Waals surface area contributed by atoms with Crippen LogP contribution in [-0.4, -0.2) is 29.1 Å². The van der Waals surface area contributed by atoms with Crippen LogP contribution in [0.5, 0.6) is 0 Å². The van der Waals surface area contributed by atoms with Gasteiger partial charge in [-0.25, -0.2) is 4.99 Å². The second-order valence-electron chi connectivity index (χ2n) is 6.61. The summed E-state index contributed by atoms with van der Waals surface area (Å²) in [6.45, 7) is 6.39. The van der Waals surface area contributed by atoms with Crippen molar-refractivity contribution in [3.63, 3.8) is 0 Å². The summed E-state index contributed by atoms with van der Waals surface area (Å²) in [4.78, 5) is 8.02. The van der Waals surface area contributed by atoms with Gasteiger partial charge in [-0.05, 0) is 48.6 Å². The molecule has 0 saturated carbocycles. The van der Waals surface area contributed by atoms with E-state index in [2.05, 4.69) is 58.9 Å². The molecule has 0 unspecified atom stereocenters. The third-order valence-electron chi connectivity index (χ3n) is 4.72. The Kier molecular flexibility index (Phi) is 6.49. The molecule has 0 fully saturated rings. The Morgan fingerprint density at radius 2 is 1.85 bits per heavy atom. The fourth-order valence-electron chi connectivity index (χ4n) is 3.34. The van der Waals surface area contributed by atoms with Gasteiger partial charge in [-0.1, -0.05) is 36.4 Å². The number of aliphatic imine (C=N–C) groups is 1. The summed E-state index contributed by atoms with van der Waals surface area (Å²) in [6.07, 6.45) is 3.02. The van der Waals surface area contributed by atoms with Crippen molar-refractivity contribution in [1.29, 1.82) is 0 Å². The van der Waals surface area contributed by atoms with Gasteiger partial charge in [0.1, 0.15) is 0 Å². The van der Waals surface area contributed by atoms with Crippen molar-refractivity contribution < 1.29 is 5.11 Å². The first-order valence-corrected chi connectivity index (χ1v) is 9.48. The van der Waals surface area contributed by atoms with Crippen molar-refractivity contribution >= 4 is 16.9 Å². The summed E-state index contributed by atoms with van der Waals surface area (Å²) in [5, 5.41) is 17.5. The van der Waals surface area contributed by atoms with Gasteiger partial charge in [0.15, 0.2) is 5.96 Å². The van der Waals surface area contributed by atoms with Gasteiger partial charge in [-0.3, -0.25) is 0 Å². The number of hydrogen-bond acceptors (Lipinski definition) is 2. The van der Waals surface area contributed by atoms with Crippen molar-refractivity contribution in [1.82, 2.24) is 15.6 Å². The average Bonchev–Trinajstić information content (AvgIpc) is 3.11. The smallest absolute Gasteiger partial charge is 0.191 e. The SMILES string of the molecule is CCNC(=NCc1ccccc1CO)NCCc1c[nH]c2cccc(C)c12. The third-order valence-corrected chi connectivity index (χ3v) is 4.72. The highest BCUT2D eigenvalue weighted by Crippen LogP contribution is 2.22. The number of aliphatic hydroxyl groups excluding tert-OH is 1. The lowest BCUT2D eigenvalue weighted by atomic mass is 10.1. The minimum absolute atomic E-state index is 0.0373. The number of nitrogens with zero attached hydrogens (tertiary/aromatic N) is 1. The van der Waals surface area contributed by atoms with Crippen LogP contribution in [0.4, 0.5) is 0 Å². The molecule has 0 bridgehead atoms. The Labute approximate surface area is 160 Å². The van der Waals surface area contributed by atoms with Gasteiger partial charge in [0.25, 0.3) is 0 Å². The highest BCUT2D eigenvalue weighted by molar-refractivity contribution is 5.86. The number of guanidine groups is 1. The molecule has 5 nitrogen and oxygen atoms in total. The van der Waals surface area contributed by atoms with E-state index < -0.39 is 0 Å². The van der Waals surface area contributed by atoms with Crippen LogP contribution in [0.2, 0.25) is 0 Å². The first-order chi connectivity index (χ1) is 13.2. The lowest BCUT2D eigenvalue weighted by molar-refractivity contribution is 0.280. The molecule has 3 rings (SSSR count). The van der Waals surface area contributed by atoms with Gasteiger partial charge in [-0.15, -0.1) is 0 Å². The molecule has 0 radical (unpaired) electrons. The van der Waals surface area contributed by atoms with E-state index in [1.54, 1.807) is 0 Å². The van der Waals surface area contributed by atoms with E-state index in [0.717, 1.165) is 36.6 Å². The largest absolute Gasteiger partial charge is 0.392 e. The van der Waals surface area contributed by atoms with Gasteiger partial charge in [0.05, 0.1) is 13.2 Å².